The Balaban J connectivity index is 1.61. The monoisotopic (exact) mass is 358 g/mol. The summed E-state index contributed by atoms with van der Waals surface area (Å²) in [4.78, 5) is 19.0. The SMILES string of the molecule is NCc1nc(C(=O)NCc2ccccc2CN2CCCCCC2)cs1. The van der Waals surface area contributed by atoms with Crippen LogP contribution in [-0.2, 0) is 19.6 Å². The van der Waals surface area contributed by atoms with Crippen molar-refractivity contribution in [2.24, 2.45) is 5.73 Å². The van der Waals surface area contributed by atoms with E-state index >= 15 is 0 Å². The molecule has 6 heteroatoms. The van der Waals surface area contributed by atoms with Crippen LogP contribution in [0.5, 0.6) is 0 Å². The molecule has 1 amide bonds. The Bertz CT molecular complexity index is 692. The molecule has 0 atom stereocenters. The van der Waals surface area contributed by atoms with Crippen molar-refractivity contribution in [2.45, 2.75) is 45.3 Å². The second-order valence-corrected chi connectivity index (χ2v) is 7.42. The maximum atomic E-state index is 12.3. The van der Waals surface area contributed by atoms with Gasteiger partial charge in [0.05, 0.1) is 0 Å². The average Bonchev–Trinajstić information content (AvgIpc) is 2.98. The first-order chi connectivity index (χ1) is 12.3. The second kappa shape index (κ2) is 9.08. The molecule has 1 aliphatic rings. The van der Waals surface area contributed by atoms with Crippen LogP contribution < -0.4 is 11.1 Å². The highest BCUT2D eigenvalue weighted by atomic mass is 32.1. The van der Waals surface area contributed by atoms with Gasteiger partial charge in [-0.05, 0) is 37.1 Å². The van der Waals surface area contributed by atoms with Gasteiger partial charge in [0.1, 0.15) is 10.7 Å². The summed E-state index contributed by atoms with van der Waals surface area (Å²) in [5, 5.41) is 5.54. The standard InChI is InChI=1S/C19H26N4OS/c20-11-18-22-17(14-25-18)19(24)21-12-15-7-3-4-8-16(15)13-23-9-5-1-2-6-10-23/h3-4,7-8,14H,1-2,5-6,9-13,20H2,(H,21,24). The molecule has 3 N–H and O–H groups in total. The van der Waals surface area contributed by atoms with E-state index in [9.17, 15) is 4.79 Å². The molecule has 0 radical (unpaired) electrons. The van der Waals surface area contributed by atoms with Crippen molar-refractivity contribution in [1.82, 2.24) is 15.2 Å². The Kier molecular flexibility index (Phi) is 6.55. The second-order valence-electron chi connectivity index (χ2n) is 6.47. The number of nitrogens with one attached hydrogen (secondary N) is 1. The van der Waals surface area contributed by atoms with Crippen molar-refractivity contribution >= 4 is 17.2 Å². The molecular weight excluding hydrogens is 332 g/mol. The molecule has 5 nitrogen and oxygen atoms in total. The maximum absolute atomic E-state index is 12.3. The summed E-state index contributed by atoms with van der Waals surface area (Å²) < 4.78 is 0. The molecule has 1 aromatic heterocycles. The summed E-state index contributed by atoms with van der Waals surface area (Å²) in [5.41, 5.74) is 8.49. The number of nitrogens with zero attached hydrogens (tertiary/aromatic N) is 2. The fourth-order valence-electron chi connectivity index (χ4n) is 3.19. The largest absolute Gasteiger partial charge is 0.347 e. The lowest BCUT2D eigenvalue weighted by atomic mass is 10.1. The van der Waals surface area contributed by atoms with Crippen LogP contribution in [0.2, 0.25) is 0 Å². The Morgan fingerprint density at radius 2 is 1.88 bits per heavy atom. The summed E-state index contributed by atoms with van der Waals surface area (Å²) in [6.45, 7) is 4.19. The fraction of sp³-hybridized carbons (Fsp3) is 0.474. The maximum Gasteiger partial charge on any atom is 0.271 e. The molecule has 0 bridgehead atoms. The van der Waals surface area contributed by atoms with Gasteiger partial charge in [0.15, 0.2) is 0 Å². The Hall–Kier alpha value is -1.76. The third-order valence-electron chi connectivity index (χ3n) is 4.61. The van der Waals surface area contributed by atoms with E-state index in [0.29, 0.717) is 18.8 Å². The minimum atomic E-state index is -0.138. The lowest BCUT2D eigenvalue weighted by Crippen LogP contribution is -2.27. The molecule has 1 saturated heterocycles. The van der Waals surface area contributed by atoms with Crippen molar-refractivity contribution in [3.8, 4) is 0 Å². The zero-order chi connectivity index (χ0) is 17.5. The first-order valence-electron chi connectivity index (χ1n) is 8.98. The Morgan fingerprint density at radius 3 is 2.56 bits per heavy atom. The molecule has 0 aliphatic carbocycles. The van der Waals surface area contributed by atoms with Crippen molar-refractivity contribution < 1.29 is 4.79 Å². The molecule has 3 rings (SSSR count). The van der Waals surface area contributed by atoms with Gasteiger partial charge in [-0.25, -0.2) is 4.98 Å². The van der Waals surface area contributed by atoms with Crippen LogP contribution in [0.15, 0.2) is 29.6 Å². The van der Waals surface area contributed by atoms with Crippen LogP contribution in [0.1, 0.15) is 52.3 Å². The van der Waals surface area contributed by atoms with Gasteiger partial charge in [-0.15, -0.1) is 11.3 Å². The molecule has 1 fully saturated rings. The van der Waals surface area contributed by atoms with Gasteiger partial charge in [-0.1, -0.05) is 37.1 Å². The van der Waals surface area contributed by atoms with Crippen LogP contribution in [0.3, 0.4) is 0 Å². The van der Waals surface area contributed by atoms with Gasteiger partial charge < -0.3 is 11.1 Å². The first kappa shape index (κ1) is 18.0. The normalized spacial score (nSPS) is 15.7. The zero-order valence-corrected chi connectivity index (χ0v) is 15.4. The molecule has 2 heterocycles. The van der Waals surface area contributed by atoms with Crippen molar-refractivity contribution in [1.29, 1.82) is 0 Å². The number of nitrogens with two attached hydrogens (primary N) is 1. The summed E-state index contributed by atoms with van der Waals surface area (Å²) in [6.07, 6.45) is 5.25. The number of carbonyl (C=O) groups excluding carboxylic acids is 1. The third-order valence-corrected chi connectivity index (χ3v) is 5.48. The van der Waals surface area contributed by atoms with Crippen molar-refractivity contribution in [2.75, 3.05) is 13.1 Å². The highest BCUT2D eigenvalue weighted by Gasteiger charge is 2.13. The van der Waals surface area contributed by atoms with Crippen LogP contribution in [0, 0.1) is 0 Å². The summed E-state index contributed by atoms with van der Waals surface area (Å²) in [5.74, 6) is -0.138. The summed E-state index contributed by atoms with van der Waals surface area (Å²) in [7, 11) is 0. The molecule has 0 saturated carbocycles. The minimum Gasteiger partial charge on any atom is -0.347 e. The quantitative estimate of drug-likeness (QED) is 0.833. The number of benzene rings is 1. The number of likely N-dealkylation sites (tertiary alicyclic amines) is 1. The lowest BCUT2D eigenvalue weighted by Gasteiger charge is -2.21. The van der Waals surface area contributed by atoms with Gasteiger partial charge in [0.25, 0.3) is 5.91 Å². The number of aromatic nitrogens is 1. The smallest absolute Gasteiger partial charge is 0.271 e. The van der Waals surface area contributed by atoms with E-state index < -0.39 is 0 Å². The van der Waals surface area contributed by atoms with E-state index in [1.807, 2.05) is 6.07 Å². The third kappa shape index (κ3) is 5.11. The van der Waals surface area contributed by atoms with E-state index in [1.54, 1.807) is 5.38 Å². The predicted octanol–water partition coefficient (Wildman–Crippen LogP) is 2.91. The number of amides is 1. The number of thiazole rings is 1. The number of rotatable bonds is 6. The first-order valence-corrected chi connectivity index (χ1v) is 9.86. The van der Waals surface area contributed by atoms with Gasteiger partial charge in [-0.3, -0.25) is 9.69 Å². The van der Waals surface area contributed by atoms with Crippen LogP contribution in [-0.4, -0.2) is 28.9 Å². The Labute approximate surface area is 153 Å². The molecule has 0 spiro atoms. The van der Waals surface area contributed by atoms with E-state index in [0.717, 1.165) is 11.6 Å². The van der Waals surface area contributed by atoms with E-state index in [2.05, 4.69) is 33.4 Å². The van der Waals surface area contributed by atoms with Gasteiger partial charge >= 0.3 is 0 Å². The van der Waals surface area contributed by atoms with Gasteiger partial charge in [-0.2, -0.15) is 0 Å². The van der Waals surface area contributed by atoms with Crippen molar-refractivity contribution in [3.63, 3.8) is 0 Å². The highest BCUT2D eigenvalue weighted by Crippen LogP contribution is 2.16. The molecule has 1 aliphatic heterocycles. The number of carbonyl (C=O) groups is 1. The lowest BCUT2D eigenvalue weighted by molar-refractivity contribution is 0.0946. The topological polar surface area (TPSA) is 71.2 Å². The Morgan fingerprint density at radius 1 is 1.16 bits per heavy atom. The molecular formula is C19H26N4OS. The predicted molar refractivity (Wildman–Crippen MR) is 101 cm³/mol. The van der Waals surface area contributed by atoms with Gasteiger partial charge in [0, 0.05) is 25.0 Å². The molecule has 2 aromatic rings. The average molecular weight is 359 g/mol. The minimum absolute atomic E-state index is 0.138. The number of hydrogen-bond acceptors (Lipinski definition) is 5. The molecule has 134 valence electrons. The van der Waals surface area contributed by atoms with Gasteiger partial charge in [0.2, 0.25) is 0 Å². The van der Waals surface area contributed by atoms with Crippen molar-refractivity contribution in [3.05, 3.63) is 51.5 Å². The number of hydrogen-bond donors (Lipinski definition) is 2. The van der Waals surface area contributed by atoms with E-state index in [4.69, 9.17) is 5.73 Å². The summed E-state index contributed by atoms with van der Waals surface area (Å²) >= 11 is 1.42. The van der Waals surface area contributed by atoms with Crippen LogP contribution in [0.25, 0.3) is 0 Å². The van der Waals surface area contributed by atoms with Crippen LogP contribution >= 0.6 is 11.3 Å². The van der Waals surface area contributed by atoms with E-state index in [-0.39, 0.29) is 5.91 Å². The summed E-state index contributed by atoms with van der Waals surface area (Å²) in [6, 6.07) is 8.37. The molecule has 0 unspecified atom stereocenters. The highest BCUT2D eigenvalue weighted by molar-refractivity contribution is 7.09. The fourth-order valence-corrected chi connectivity index (χ4v) is 3.85. The van der Waals surface area contributed by atoms with E-state index in [1.165, 1.54) is 61.2 Å². The zero-order valence-electron chi connectivity index (χ0n) is 14.5. The molecule has 1 aromatic carbocycles. The van der Waals surface area contributed by atoms with Crippen LogP contribution in [0.4, 0.5) is 0 Å². The molecule has 25 heavy (non-hydrogen) atoms.